The van der Waals surface area contributed by atoms with E-state index in [1.165, 1.54) is 16.8 Å². The fourth-order valence-electron chi connectivity index (χ4n) is 2.21. The molecule has 1 unspecified atom stereocenters. The van der Waals surface area contributed by atoms with Crippen LogP contribution in [0.3, 0.4) is 0 Å². The first kappa shape index (κ1) is 13.5. The van der Waals surface area contributed by atoms with E-state index in [1.54, 1.807) is 12.1 Å². The predicted molar refractivity (Wildman–Crippen MR) is 80.9 cm³/mol. The van der Waals surface area contributed by atoms with E-state index >= 15 is 0 Å². The Labute approximate surface area is 115 Å². The van der Waals surface area contributed by atoms with Gasteiger partial charge < -0.3 is 10.0 Å². The molecule has 0 aromatic heterocycles. The zero-order valence-electron chi connectivity index (χ0n) is 11.8. The van der Waals surface area contributed by atoms with Crippen LogP contribution in [0.1, 0.15) is 18.1 Å². The number of benzene rings is 2. The Bertz CT molecular complexity index is 533. The minimum Gasteiger partial charge on any atom is -0.508 e. The van der Waals surface area contributed by atoms with Gasteiger partial charge in [0, 0.05) is 18.8 Å². The topological polar surface area (TPSA) is 23.5 Å². The molecule has 1 N–H and O–H groups in total. The predicted octanol–water partition coefficient (Wildman–Crippen LogP) is 3.77. The Kier molecular flexibility index (Phi) is 4.10. The third kappa shape index (κ3) is 3.50. The molecule has 0 saturated carbocycles. The van der Waals surface area contributed by atoms with Gasteiger partial charge in [0.25, 0.3) is 0 Å². The van der Waals surface area contributed by atoms with Crippen LogP contribution in [0.4, 0.5) is 5.69 Å². The lowest BCUT2D eigenvalue weighted by atomic mass is 10.1. The third-order valence-corrected chi connectivity index (χ3v) is 3.54. The fraction of sp³-hybridized carbons (Fsp3) is 0.294. The molecule has 0 radical (unpaired) electrons. The Morgan fingerprint density at radius 1 is 1.11 bits per heavy atom. The normalized spacial score (nSPS) is 12.2. The van der Waals surface area contributed by atoms with Crippen LogP contribution in [0, 0.1) is 6.92 Å². The van der Waals surface area contributed by atoms with Crippen molar-refractivity contribution in [2.45, 2.75) is 26.3 Å². The average molecular weight is 255 g/mol. The van der Waals surface area contributed by atoms with Crippen molar-refractivity contribution in [1.82, 2.24) is 0 Å². The highest BCUT2D eigenvalue weighted by molar-refractivity contribution is 5.48. The molecular formula is C17H21NO. The van der Waals surface area contributed by atoms with Gasteiger partial charge in [-0.1, -0.05) is 24.3 Å². The molecule has 2 heteroatoms. The van der Waals surface area contributed by atoms with Gasteiger partial charge >= 0.3 is 0 Å². The van der Waals surface area contributed by atoms with Gasteiger partial charge in [-0.25, -0.2) is 0 Å². The largest absolute Gasteiger partial charge is 0.508 e. The van der Waals surface area contributed by atoms with Crippen molar-refractivity contribution in [1.29, 1.82) is 0 Å². The van der Waals surface area contributed by atoms with Gasteiger partial charge in [0.05, 0.1) is 0 Å². The minimum absolute atomic E-state index is 0.323. The number of aromatic hydroxyl groups is 1. The number of likely N-dealkylation sites (N-methyl/N-ethyl adjacent to an activating group) is 1. The number of aryl methyl sites for hydroxylation is 1. The van der Waals surface area contributed by atoms with Gasteiger partial charge in [0.1, 0.15) is 5.75 Å². The van der Waals surface area contributed by atoms with Crippen molar-refractivity contribution >= 4 is 5.69 Å². The molecule has 2 rings (SSSR count). The summed E-state index contributed by atoms with van der Waals surface area (Å²) < 4.78 is 0. The molecular weight excluding hydrogens is 234 g/mol. The molecule has 0 bridgehead atoms. The van der Waals surface area contributed by atoms with Gasteiger partial charge in [-0.3, -0.25) is 0 Å². The Balaban J connectivity index is 2.07. The monoisotopic (exact) mass is 255 g/mol. The van der Waals surface area contributed by atoms with Gasteiger partial charge in [0.2, 0.25) is 0 Å². The van der Waals surface area contributed by atoms with Crippen LogP contribution in [0.25, 0.3) is 0 Å². The number of hydrogen-bond acceptors (Lipinski definition) is 2. The zero-order valence-corrected chi connectivity index (χ0v) is 11.8. The zero-order chi connectivity index (χ0) is 13.8. The van der Waals surface area contributed by atoms with E-state index in [-0.39, 0.29) is 0 Å². The van der Waals surface area contributed by atoms with Gasteiger partial charge in [0.15, 0.2) is 0 Å². The van der Waals surface area contributed by atoms with Crippen LogP contribution in [-0.4, -0.2) is 18.2 Å². The van der Waals surface area contributed by atoms with Crippen LogP contribution < -0.4 is 4.90 Å². The third-order valence-electron chi connectivity index (χ3n) is 3.54. The maximum Gasteiger partial charge on any atom is 0.115 e. The summed E-state index contributed by atoms with van der Waals surface area (Å²) in [4.78, 5) is 2.29. The Hall–Kier alpha value is -1.96. The number of phenolic OH excluding ortho intramolecular Hbond substituents is 1. The molecule has 2 aromatic rings. The minimum atomic E-state index is 0.323. The number of rotatable bonds is 4. The summed E-state index contributed by atoms with van der Waals surface area (Å²) in [7, 11) is 2.12. The molecule has 2 aromatic carbocycles. The van der Waals surface area contributed by atoms with E-state index in [2.05, 4.69) is 50.1 Å². The van der Waals surface area contributed by atoms with Crippen molar-refractivity contribution in [2.75, 3.05) is 11.9 Å². The van der Waals surface area contributed by atoms with Crippen LogP contribution in [0.5, 0.6) is 5.75 Å². The highest BCUT2D eigenvalue weighted by Crippen LogP contribution is 2.19. The van der Waals surface area contributed by atoms with E-state index in [9.17, 15) is 5.11 Å². The summed E-state index contributed by atoms with van der Waals surface area (Å²) in [5.41, 5.74) is 3.76. The van der Waals surface area contributed by atoms with Crippen molar-refractivity contribution in [3.63, 3.8) is 0 Å². The smallest absolute Gasteiger partial charge is 0.115 e. The van der Waals surface area contributed by atoms with Crippen LogP contribution in [0.15, 0.2) is 48.5 Å². The van der Waals surface area contributed by atoms with Crippen LogP contribution in [-0.2, 0) is 6.42 Å². The summed E-state index contributed by atoms with van der Waals surface area (Å²) in [6.45, 7) is 4.33. The SMILES string of the molecule is Cc1cccc(N(C)C(C)Cc2ccc(O)cc2)c1. The molecule has 0 spiro atoms. The lowest BCUT2D eigenvalue weighted by Crippen LogP contribution is -2.30. The van der Waals surface area contributed by atoms with Gasteiger partial charge in [-0.05, 0) is 55.7 Å². The number of hydrogen-bond donors (Lipinski definition) is 1. The van der Waals surface area contributed by atoms with Crippen molar-refractivity contribution < 1.29 is 5.11 Å². The first-order valence-corrected chi connectivity index (χ1v) is 6.63. The highest BCUT2D eigenvalue weighted by Gasteiger charge is 2.10. The Morgan fingerprint density at radius 2 is 1.79 bits per heavy atom. The number of anilines is 1. The molecule has 2 nitrogen and oxygen atoms in total. The van der Waals surface area contributed by atoms with E-state index in [0.717, 1.165) is 6.42 Å². The van der Waals surface area contributed by atoms with E-state index in [1.807, 2.05) is 12.1 Å². The summed E-state index contributed by atoms with van der Waals surface area (Å²) >= 11 is 0. The first-order valence-electron chi connectivity index (χ1n) is 6.63. The van der Waals surface area contributed by atoms with Crippen molar-refractivity contribution in [3.8, 4) is 5.75 Å². The lowest BCUT2D eigenvalue weighted by molar-refractivity contribution is 0.475. The molecule has 0 aliphatic heterocycles. The lowest BCUT2D eigenvalue weighted by Gasteiger charge is -2.27. The van der Waals surface area contributed by atoms with Gasteiger partial charge in [-0.2, -0.15) is 0 Å². The maximum atomic E-state index is 9.30. The van der Waals surface area contributed by atoms with Crippen molar-refractivity contribution in [2.24, 2.45) is 0 Å². The standard InChI is InChI=1S/C17H21NO/c1-13-5-4-6-16(11-13)18(3)14(2)12-15-7-9-17(19)10-8-15/h4-11,14,19H,12H2,1-3H3. The number of nitrogens with zero attached hydrogens (tertiary/aromatic N) is 1. The molecule has 19 heavy (non-hydrogen) atoms. The van der Waals surface area contributed by atoms with Crippen LogP contribution in [0.2, 0.25) is 0 Å². The maximum absolute atomic E-state index is 9.30. The molecule has 0 aliphatic carbocycles. The molecule has 1 atom stereocenters. The quantitative estimate of drug-likeness (QED) is 0.899. The number of phenols is 1. The summed E-state index contributed by atoms with van der Waals surface area (Å²) in [6, 6.07) is 16.4. The summed E-state index contributed by atoms with van der Waals surface area (Å²) in [5, 5.41) is 9.30. The second kappa shape index (κ2) is 5.79. The van der Waals surface area contributed by atoms with E-state index in [0.29, 0.717) is 11.8 Å². The molecule has 0 heterocycles. The highest BCUT2D eigenvalue weighted by atomic mass is 16.3. The average Bonchev–Trinajstić information content (AvgIpc) is 2.40. The first-order chi connectivity index (χ1) is 9.06. The fourth-order valence-corrected chi connectivity index (χ4v) is 2.21. The van der Waals surface area contributed by atoms with Gasteiger partial charge in [-0.15, -0.1) is 0 Å². The second-order valence-electron chi connectivity index (χ2n) is 5.17. The molecule has 100 valence electrons. The summed E-state index contributed by atoms with van der Waals surface area (Å²) in [6.07, 6.45) is 0.963. The molecule has 0 aliphatic rings. The second-order valence-corrected chi connectivity index (χ2v) is 5.17. The summed E-state index contributed by atoms with van der Waals surface area (Å²) in [5.74, 6) is 0.323. The van der Waals surface area contributed by atoms with Crippen molar-refractivity contribution in [3.05, 3.63) is 59.7 Å². The van der Waals surface area contributed by atoms with Crippen LogP contribution >= 0.6 is 0 Å². The van der Waals surface area contributed by atoms with E-state index < -0.39 is 0 Å². The molecule has 0 saturated heterocycles. The van der Waals surface area contributed by atoms with E-state index in [4.69, 9.17) is 0 Å². The molecule has 0 amide bonds. The molecule has 0 fully saturated rings. The Morgan fingerprint density at radius 3 is 2.42 bits per heavy atom.